The van der Waals surface area contributed by atoms with E-state index in [0.717, 1.165) is 5.56 Å². The smallest absolute Gasteiger partial charge is 0.408 e. The number of alkyl carbamates (subject to hydrolysis) is 1. The summed E-state index contributed by atoms with van der Waals surface area (Å²) in [7, 11) is 3.27. The highest BCUT2D eigenvalue weighted by Crippen LogP contribution is 2.09. The molecule has 0 unspecified atom stereocenters. The SMILES string of the molecule is CN=C(NCc1ccnc(OC)c1)NCC(C)(C)NC(=O)OC(C)(C)C. The molecule has 0 aliphatic heterocycles. The summed E-state index contributed by atoms with van der Waals surface area (Å²) >= 11 is 0. The van der Waals surface area contributed by atoms with E-state index in [0.29, 0.717) is 24.9 Å². The number of nitrogens with one attached hydrogen (secondary N) is 3. The van der Waals surface area contributed by atoms with Crippen LogP contribution in [-0.2, 0) is 11.3 Å². The Morgan fingerprint density at radius 1 is 1.23 bits per heavy atom. The number of pyridine rings is 1. The topological polar surface area (TPSA) is 96.9 Å². The minimum absolute atomic E-state index is 0.448. The van der Waals surface area contributed by atoms with Crippen molar-refractivity contribution in [3.05, 3.63) is 23.9 Å². The molecule has 0 radical (unpaired) electrons. The second-order valence-corrected chi connectivity index (χ2v) is 7.50. The lowest BCUT2D eigenvalue weighted by molar-refractivity contribution is 0.0474. The number of aromatic nitrogens is 1. The number of carbonyl (C=O) groups excluding carboxylic acids is 1. The number of hydrogen-bond acceptors (Lipinski definition) is 5. The summed E-state index contributed by atoms with van der Waals surface area (Å²) in [6.07, 6.45) is 1.25. The van der Waals surface area contributed by atoms with Gasteiger partial charge in [0.15, 0.2) is 5.96 Å². The Hall–Kier alpha value is -2.51. The van der Waals surface area contributed by atoms with Gasteiger partial charge in [-0.25, -0.2) is 9.78 Å². The predicted molar refractivity (Wildman–Crippen MR) is 102 cm³/mol. The number of methoxy groups -OCH3 is 1. The lowest BCUT2D eigenvalue weighted by Gasteiger charge is -2.29. The molecule has 1 aromatic rings. The minimum Gasteiger partial charge on any atom is -0.481 e. The van der Waals surface area contributed by atoms with Crippen molar-refractivity contribution in [3.8, 4) is 5.88 Å². The van der Waals surface area contributed by atoms with Gasteiger partial charge in [-0.1, -0.05) is 0 Å². The Kier molecular flexibility index (Phi) is 7.67. The molecule has 3 N–H and O–H groups in total. The van der Waals surface area contributed by atoms with Crippen molar-refractivity contribution in [2.24, 2.45) is 4.99 Å². The van der Waals surface area contributed by atoms with Crippen LogP contribution in [0, 0.1) is 0 Å². The fraction of sp³-hybridized carbons (Fsp3) is 0.611. The Balaban J connectivity index is 2.50. The van der Waals surface area contributed by atoms with Crippen molar-refractivity contribution in [2.45, 2.75) is 52.3 Å². The van der Waals surface area contributed by atoms with E-state index in [1.165, 1.54) is 0 Å². The van der Waals surface area contributed by atoms with Gasteiger partial charge in [0, 0.05) is 32.4 Å². The molecule has 0 aromatic carbocycles. The van der Waals surface area contributed by atoms with Crippen LogP contribution in [0.15, 0.2) is 23.3 Å². The van der Waals surface area contributed by atoms with Crippen molar-refractivity contribution in [1.82, 2.24) is 20.9 Å². The molecule has 1 rings (SSSR count). The number of nitrogens with zero attached hydrogens (tertiary/aromatic N) is 2. The third kappa shape index (κ3) is 8.55. The fourth-order valence-electron chi connectivity index (χ4n) is 2.01. The van der Waals surface area contributed by atoms with Crippen LogP contribution in [0.5, 0.6) is 5.88 Å². The van der Waals surface area contributed by atoms with Crippen LogP contribution in [0.4, 0.5) is 4.79 Å². The molecule has 0 atom stereocenters. The summed E-state index contributed by atoms with van der Waals surface area (Å²) in [4.78, 5) is 20.2. The van der Waals surface area contributed by atoms with Crippen LogP contribution in [-0.4, -0.2) is 48.9 Å². The summed E-state index contributed by atoms with van der Waals surface area (Å²) < 4.78 is 10.4. The van der Waals surface area contributed by atoms with Crippen LogP contribution < -0.4 is 20.7 Å². The first-order valence-corrected chi connectivity index (χ1v) is 8.49. The molecule has 0 aliphatic carbocycles. The quantitative estimate of drug-likeness (QED) is 0.527. The molecule has 1 amide bonds. The van der Waals surface area contributed by atoms with Gasteiger partial charge in [0.2, 0.25) is 5.88 Å². The number of carbonyl (C=O) groups is 1. The van der Waals surface area contributed by atoms with Gasteiger partial charge in [-0.05, 0) is 46.2 Å². The zero-order valence-electron chi connectivity index (χ0n) is 16.8. The number of guanidine groups is 1. The van der Waals surface area contributed by atoms with E-state index < -0.39 is 17.2 Å². The first-order chi connectivity index (χ1) is 12.0. The summed E-state index contributed by atoms with van der Waals surface area (Å²) in [5.74, 6) is 1.19. The van der Waals surface area contributed by atoms with Gasteiger partial charge < -0.3 is 25.4 Å². The second kappa shape index (κ2) is 9.26. The molecule has 0 aliphatic rings. The highest BCUT2D eigenvalue weighted by atomic mass is 16.6. The predicted octanol–water partition coefficient (Wildman–Crippen LogP) is 2.06. The van der Waals surface area contributed by atoms with Crippen LogP contribution in [0.2, 0.25) is 0 Å². The summed E-state index contributed by atoms with van der Waals surface area (Å²) in [6, 6.07) is 3.76. The van der Waals surface area contributed by atoms with Crippen LogP contribution in [0.3, 0.4) is 0 Å². The first kappa shape index (κ1) is 21.5. The normalized spacial score (nSPS) is 12.3. The van der Waals surface area contributed by atoms with Gasteiger partial charge in [-0.2, -0.15) is 0 Å². The zero-order chi connectivity index (χ0) is 19.8. The second-order valence-electron chi connectivity index (χ2n) is 7.50. The van der Waals surface area contributed by atoms with Crippen molar-refractivity contribution < 1.29 is 14.3 Å². The number of rotatable bonds is 6. The number of aliphatic imine (C=N–C) groups is 1. The molecule has 146 valence electrons. The van der Waals surface area contributed by atoms with E-state index in [2.05, 4.69) is 25.9 Å². The monoisotopic (exact) mass is 365 g/mol. The molecule has 0 saturated heterocycles. The maximum Gasteiger partial charge on any atom is 0.408 e. The van der Waals surface area contributed by atoms with Crippen molar-refractivity contribution in [3.63, 3.8) is 0 Å². The summed E-state index contributed by atoms with van der Waals surface area (Å²) in [6.45, 7) is 10.4. The number of amides is 1. The molecule has 0 bridgehead atoms. The lowest BCUT2D eigenvalue weighted by Crippen LogP contribution is -2.54. The van der Waals surface area contributed by atoms with Gasteiger partial charge in [-0.3, -0.25) is 4.99 Å². The maximum atomic E-state index is 11.9. The van der Waals surface area contributed by atoms with Gasteiger partial charge in [-0.15, -0.1) is 0 Å². The lowest BCUT2D eigenvalue weighted by atomic mass is 10.1. The number of ether oxygens (including phenoxy) is 2. The first-order valence-electron chi connectivity index (χ1n) is 8.49. The highest BCUT2D eigenvalue weighted by Gasteiger charge is 2.24. The molecule has 8 nitrogen and oxygen atoms in total. The largest absolute Gasteiger partial charge is 0.481 e. The van der Waals surface area contributed by atoms with Gasteiger partial charge in [0.25, 0.3) is 0 Å². The van der Waals surface area contributed by atoms with Gasteiger partial charge in [0.1, 0.15) is 5.60 Å². The maximum absolute atomic E-state index is 11.9. The van der Waals surface area contributed by atoms with Crippen molar-refractivity contribution in [2.75, 3.05) is 20.7 Å². The van der Waals surface area contributed by atoms with E-state index in [1.54, 1.807) is 20.4 Å². The van der Waals surface area contributed by atoms with E-state index in [1.807, 2.05) is 46.8 Å². The van der Waals surface area contributed by atoms with E-state index in [4.69, 9.17) is 9.47 Å². The molecule has 0 spiro atoms. The summed E-state index contributed by atoms with van der Waals surface area (Å²) in [5, 5.41) is 9.26. The van der Waals surface area contributed by atoms with Crippen molar-refractivity contribution in [1.29, 1.82) is 0 Å². The van der Waals surface area contributed by atoms with E-state index >= 15 is 0 Å². The average Bonchev–Trinajstić information content (AvgIpc) is 2.52. The van der Waals surface area contributed by atoms with Crippen LogP contribution in [0.25, 0.3) is 0 Å². The molecule has 0 saturated carbocycles. The number of hydrogen-bond donors (Lipinski definition) is 3. The molecule has 26 heavy (non-hydrogen) atoms. The van der Waals surface area contributed by atoms with E-state index in [-0.39, 0.29) is 0 Å². The minimum atomic E-state index is -0.531. The Morgan fingerprint density at radius 3 is 2.50 bits per heavy atom. The average molecular weight is 365 g/mol. The van der Waals surface area contributed by atoms with E-state index in [9.17, 15) is 4.79 Å². The Morgan fingerprint density at radius 2 is 1.92 bits per heavy atom. The van der Waals surface area contributed by atoms with Crippen molar-refractivity contribution >= 4 is 12.1 Å². The highest BCUT2D eigenvalue weighted by molar-refractivity contribution is 5.79. The van der Waals surface area contributed by atoms with Crippen LogP contribution in [0.1, 0.15) is 40.2 Å². The zero-order valence-corrected chi connectivity index (χ0v) is 16.8. The summed E-state index contributed by atoms with van der Waals surface area (Å²) in [5.41, 5.74) is -0.0256. The Bertz CT molecular complexity index is 623. The standard InChI is InChI=1S/C18H31N5O3/c1-17(2,3)26-16(24)23-18(4,5)12-22-15(19-6)21-11-13-8-9-20-14(10-13)25-7/h8-10H,11-12H2,1-7H3,(H,23,24)(H2,19,21,22). The molecular weight excluding hydrogens is 334 g/mol. The van der Waals surface area contributed by atoms with Crippen LogP contribution >= 0.6 is 0 Å². The molecule has 8 heteroatoms. The molecule has 1 heterocycles. The molecule has 1 aromatic heterocycles. The molecular formula is C18H31N5O3. The van der Waals surface area contributed by atoms with Gasteiger partial charge in [0.05, 0.1) is 12.6 Å². The third-order valence-electron chi connectivity index (χ3n) is 3.23. The van der Waals surface area contributed by atoms with Gasteiger partial charge >= 0.3 is 6.09 Å². The molecule has 0 fully saturated rings. The Labute approximate surface area is 155 Å². The fourth-order valence-corrected chi connectivity index (χ4v) is 2.01. The third-order valence-corrected chi connectivity index (χ3v) is 3.23.